The second-order valence-corrected chi connectivity index (χ2v) is 7.20. The predicted octanol–water partition coefficient (Wildman–Crippen LogP) is 4.17. The Hall–Kier alpha value is -3.26. The fourth-order valence-corrected chi connectivity index (χ4v) is 3.55. The van der Waals surface area contributed by atoms with Crippen molar-refractivity contribution in [1.29, 1.82) is 0 Å². The zero-order valence-corrected chi connectivity index (χ0v) is 16.2. The summed E-state index contributed by atoms with van der Waals surface area (Å²) in [5.74, 6) is -0.961. The molecule has 3 aromatic rings. The average molecular weight is 432 g/mol. The number of hydrogen-bond acceptors (Lipinski definition) is 4. The van der Waals surface area contributed by atoms with Gasteiger partial charge in [-0.15, -0.1) is 0 Å². The molecule has 0 aliphatic carbocycles. The van der Waals surface area contributed by atoms with Crippen LogP contribution >= 0.6 is 11.6 Å². The fraction of sp³-hybridized carbons (Fsp3) is 0.190. The Bertz CT molecular complexity index is 1140. The Balaban J connectivity index is 1.52. The third kappa shape index (κ3) is 4.18. The highest BCUT2D eigenvalue weighted by Gasteiger charge is 2.25. The van der Waals surface area contributed by atoms with Crippen molar-refractivity contribution in [2.24, 2.45) is 0 Å². The molecule has 1 unspecified atom stereocenters. The molecule has 1 aliphatic rings. The molecule has 6 nitrogen and oxygen atoms in total. The molecule has 0 spiro atoms. The summed E-state index contributed by atoms with van der Waals surface area (Å²) in [7, 11) is 0. The van der Waals surface area contributed by atoms with Crippen LogP contribution in [0.4, 0.5) is 14.5 Å². The first-order chi connectivity index (χ1) is 14.4. The van der Waals surface area contributed by atoms with Crippen LogP contribution in [-0.4, -0.2) is 29.5 Å². The number of aromatic nitrogens is 1. The number of rotatable bonds is 4. The van der Waals surface area contributed by atoms with E-state index in [9.17, 15) is 18.4 Å². The van der Waals surface area contributed by atoms with Crippen molar-refractivity contribution < 1.29 is 23.1 Å². The van der Waals surface area contributed by atoms with Crippen molar-refractivity contribution in [2.75, 3.05) is 5.32 Å². The minimum absolute atomic E-state index is 0.0249. The zero-order chi connectivity index (χ0) is 21.3. The van der Waals surface area contributed by atoms with Gasteiger partial charge in [0, 0.05) is 23.3 Å². The largest absolute Gasteiger partial charge is 0.433 e. The molecule has 2 aromatic carbocycles. The summed E-state index contributed by atoms with van der Waals surface area (Å²) in [5, 5.41) is 6.01. The molecule has 2 N–H and O–H groups in total. The van der Waals surface area contributed by atoms with Gasteiger partial charge in [0.25, 0.3) is 5.91 Å². The van der Waals surface area contributed by atoms with E-state index >= 15 is 0 Å². The third-order valence-corrected chi connectivity index (χ3v) is 5.11. The third-order valence-electron chi connectivity index (χ3n) is 4.81. The van der Waals surface area contributed by atoms with Crippen molar-refractivity contribution in [2.45, 2.75) is 25.5 Å². The van der Waals surface area contributed by atoms with E-state index < -0.39 is 18.6 Å². The van der Waals surface area contributed by atoms with Crippen molar-refractivity contribution in [3.05, 3.63) is 64.8 Å². The number of carbonyl (C=O) groups is 2. The van der Waals surface area contributed by atoms with Gasteiger partial charge in [-0.2, -0.15) is 8.78 Å². The number of anilines is 1. The molecule has 4 rings (SSSR count). The molecule has 0 radical (unpaired) electrons. The molecule has 1 atom stereocenters. The van der Waals surface area contributed by atoms with Crippen molar-refractivity contribution in [1.82, 2.24) is 10.3 Å². The molecule has 2 heterocycles. The van der Waals surface area contributed by atoms with E-state index in [-0.39, 0.29) is 22.2 Å². The minimum atomic E-state index is -3.01. The van der Waals surface area contributed by atoms with Gasteiger partial charge in [0.1, 0.15) is 11.8 Å². The smallest absolute Gasteiger partial charge is 0.387 e. The van der Waals surface area contributed by atoms with Gasteiger partial charge in [0.05, 0.1) is 16.1 Å². The first kappa shape index (κ1) is 20.0. The van der Waals surface area contributed by atoms with Crippen LogP contribution in [0.2, 0.25) is 5.02 Å². The van der Waals surface area contributed by atoms with E-state index in [0.717, 1.165) is 11.3 Å². The fourth-order valence-electron chi connectivity index (χ4n) is 3.33. The molecule has 154 valence electrons. The summed E-state index contributed by atoms with van der Waals surface area (Å²) < 4.78 is 29.3. The van der Waals surface area contributed by atoms with E-state index in [1.165, 1.54) is 24.4 Å². The maximum Gasteiger partial charge on any atom is 0.387 e. The standard InChI is InChI=1S/C21H16ClF2N3O3/c22-14-8-12-7-13(10-25-17(12)9-18(14)30-21(23)24)19(28)27-16-6-5-11-3-1-2-4-15(11)26-20(16)29/h1-4,7-10,16,21H,5-6H2,(H,26,29)(H,27,28). The van der Waals surface area contributed by atoms with Crippen LogP contribution in [0.5, 0.6) is 5.75 Å². The Kier molecular flexibility index (Phi) is 5.50. The number of halogens is 3. The van der Waals surface area contributed by atoms with Gasteiger partial charge in [0.2, 0.25) is 5.91 Å². The zero-order valence-electron chi connectivity index (χ0n) is 15.5. The van der Waals surface area contributed by atoms with Crippen molar-refractivity contribution in [3.8, 4) is 5.75 Å². The van der Waals surface area contributed by atoms with Gasteiger partial charge in [-0.3, -0.25) is 14.6 Å². The van der Waals surface area contributed by atoms with E-state index in [1.54, 1.807) is 0 Å². The maximum absolute atomic E-state index is 12.7. The summed E-state index contributed by atoms with van der Waals surface area (Å²) in [4.78, 5) is 29.3. The Morgan fingerprint density at radius 2 is 2.07 bits per heavy atom. The maximum atomic E-state index is 12.7. The van der Waals surface area contributed by atoms with Crippen LogP contribution in [0, 0.1) is 0 Å². The number of pyridine rings is 1. The van der Waals surface area contributed by atoms with E-state index in [4.69, 9.17) is 11.6 Å². The van der Waals surface area contributed by atoms with E-state index in [2.05, 4.69) is 20.4 Å². The molecule has 0 saturated heterocycles. The summed E-state index contributed by atoms with van der Waals surface area (Å²) >= 11 is 5.98. The molecule has 1 aromatic heterocycles. The quantitative estimate of drug-likeness (QED) is 0.649. The molecule has 1 aliphatic heterocycles. The monoisotopic (exact) mass is 431 g/mol. The number of aryl methyl sites for hydroxylation is 1. The number of nitrogens with one attached hydrogen (secondary N) is 2. The lowest BCUT2D eigenvalue weighted by molar-refractivity contribution is -0.118. The van der Waals surface area contributed by atoms with Crippen LogP contribution in [0.15, 0.2) is 48.7 Å². The van der Waals surface area contributed by atoms with E-state index in [0.29, 0.717) is 23.7 Å². The lowest BCUT2D eigenvalue weighted by atomic mass is 10.1. The molecule has 0 saturated carbocycles. The van der Waals surface area contributed by atoms with Crippen molar-refractivity contribution >= 4 is 40.0 Å². The molecule has 0 fully saturated rings. The lowest BCUT2D eigenvalue weighted by Crippen LogP contribution is -2.43. The van der Waals surface area contributed by atoms with Gasteiger partial charge in [-0.05, 0) is 36.6 Å². The molecule has 9 heteroatoms. The highest BCUT2D eigenvalue weighted by atomic mass is 35.5. The normalized spacial score (nSPS) is 16.0. The van der Waals surface area contributed by atoms with Gasteiger partial charge < -0.3 is 15.4 Å². The van der Waals surface area contributed by atoms with Crippen molar-refractivity contribution in [3.63, 3.8) is 0 Å². The Morgan fingerprint density at radius 1 is 1.27 bits per heavy atom. The number of benzene rings is 2. The predicted molar refractivity (Wildman–Crippen MR) is 108 cm³/mol. The molecule has 0 bridgehead atoms. The van der Waals surface area contributed by atoms with E-state index in [1.807, 2.05) is 24.3 Å². The van der Waals surface area contributed by atoms with Crippen LogP contribution in [-0.2, 0) is 11.2 Å². The van der Waals surface area contributed by atoms with Gasteiger partial charge in [-0.1, -0.05) is 29.8 Å². The minimum Gasteiger partial charge on any atom is -0.433 e. The molecule has 30 heavy (non-hydrogen) atoms. The summed E-state index contributed by atoms with van der Waals surface area (Å²) in [6.45, 7) is -3.01. The van der Waals surface area contributed by atoms with Crippen LogP contribution < -0.4 is 15.4 Å². The van der Waals surface area contributed by atoms with Crippen LogP contribution in [0.25, 0.3) is 10.9 Å². The summed E-state index contributed by atoms with van der Waals surface area (Å²) in [6, 6.07) is 11.0. The molecular weight excluding hydrogens is 416 g/mol. The van der Waals surface area contributed by atoms with Gasteiger partial charge in [0.15, 0.2) is 0 Å². The van der Waals surface area contributed by atoms with Gasteiger partial charge in [-0.25, -0.2) is 0 Å². The van der Waals surface area contributed by atoms with Gasteiger partial charge >= 0.3 is 6.61 Å². The second-order valence-electron chi connectivity index (χ2n) is 6.79. The molecule has 2 amide bonds. The number of ether oxygens (including phenoxy) is 1. The first-order valence-corrected chi connectivity index (χ1v) is 9.52. The summed E-state index contributed by atoms with van der Waals surface area (Å²) in [6.07, 6.45) is 2.40. The van der Waals surface area contributed by atoms with Crippen LogP contribution in [0.3, 0.4) is 0 Å². The van der Waals surface area contributed by atoms with Crippen LogP contribution in [0.1, 0.15) is 22.3 Å². The molecular formula is C21H16ClF2N3O3. The highest BCUT2D eigenvalue weighted by molar-refractivity contribution is 6.32. The number of fused-ring (bicyclic) bond motifs is 2. The topological polar surface area (TPSA) is 80.3 Å². The number of hydrogen-bond donors (Lipinski definition) is 2. The average Bonchev–Trinajstić information content (AvgIpc) is 2.86. The second kappa shape index (κ2) is 8.23. The SMILES string of the molecule is O=C(NC1CCc2ccccc2NC1=O)c1cnc2cc(OC(F)F)c(Cl)cc2c1. The number of amides is 2. The number of carbonyl (C=O) groups excluding carboxylic acids is 2. The summed E-state index contributed by atoms with van der Waals surface area (Å²) in [5.41, 5.74) is 2.31. The first-order valence-electron chi connectivity index (χ1n) is 9.14. The highest BCUT2D eigenvalue weighted by Crippen LogP contribution is 2.31. The Morgan fingerprint density at radius 3 is 2.87 bits per heavy atom. The number of para-hydroxylation sites is 1. The Labute approximate surface area is 175 Å². The number of nitrogens with zero attached hydrogens (tertiary/aromatic N) is 1. The number of alkyl halides is 2. The lowest BCUT2D eigenvalue weighted by Gasteiger charge is -2.15.